The minimum atomic E-state index is -0.289. The zero-order valence-corrected chi connectivity index (χ0v) is 20.5. The van der Waals surface area contributed by atoms with E-state index in [-0.39, 0.29) is 5.91 Å². The van der Waals surface area contributed by atoms with Crippen molar-refractivity contribution in [2.45, 2.75) is 6.54 Å². The molecule has 0 saturated heterocycles. The first-order chi connectivity index (χ1) is 16.5. The van der Waals surface area contributed by atoms with Gasteiger partial charge in [0.15, 0.2) is 0 Å². The van der Waals surface area contributed by atoms with Crippen LogP contribution in [0.5, 0.6) is 5.75 Å². The van der Waals surface area contributed by atoms with Gasteiger partial charge in [-0.3, -0.25) is 4.79 Å². The number of carbonyl (C=O) groups is 1. The molecule has 0 atom stereocenters. The van der Waals surface area contributed by atoms with E-state index in [1.165, 1.54) is 0 Å². The molecule has 0 aliphatic carbocycles. The molecule has 6 nitrogen and oxygen atoms in total. The van der Waals surface area contributed by atoms with E-state index >= 15 is 0 Å². The summed E-state index contributed by atoms with van der Waals surface area (Å²) < 4.78 is 8.45. The number of halogens is 2. The van der Waals surface area contributed by atoms with Gasteiger partial charge in [-0.25, -0.2) is 5.43 Å². The third kappa shape index (κ3) is 4.44. The Morgan fingerprint density at radius 2 is 1.97 bits per heavy atom. The molecule has 0 unspecified atom stereocenters. The predicted molar refractivity (Wildman–Crippen MR) is 140 cm³/mol. The lowest BCUT2D eigenvalue weighted by molar-refractivity contribution is 0.0957. The quantitative estimate of drug-likeness (QED) is 0.196. The predicted octanol–water partition coefficient (Wildman–Crippen LogP) is 6.36. The Bertz CT molecular complexity index is 1540. The van der Waals surface area contributed by atoms with Crippen LogP contribution in [0.15, 0.2) is 82.6 Å². The molecule has 0 bridgehead atoms. The number of hydrogen-bond donors (Lipinski definition) is 2. The maximum absolute atomic E-state index is 12.8. The van der Waals surface area contributed by atoms with Gasteiger partial charge in [-0.1, -0.05) is 39.7 Å². The maximum Gasteiger partial charge on any atom is 0.273 e. The highest BCUT2D eigenvalue weighted by molar-refractivity contribution is 9.10. The Kier molecular flexibility index (Phi) is 6.13. The van der Waals surface area contributed by atoms with Crippen LogP contribution in [-0.2, 0) is 6.54 Å². The van der Waals surface area contributed by atoms with E-state index in [1.807, 2.05) is 66.9 Å². The number of H-pyrrole nitrogens is 1. The highest BCUT2D eigenvalue weighted by Crippen LogP contribution is 2.27. The first-order valence-electron chi connectivity index (χ1n) is 10.5. The monoisotopic (exact) mass is 534 g/mol. The second-order valence-electron chi connectivity index (χ2n) is 7.81. The third-order valence-corrected chi connectivity index (χ3v) is 6.39. The van der Waals surface area contributed by atoms with Gasteiger partial charge in [0, 0.05) is 55.8 Å². The van der Waals surface area contributed by atoms with Gasteiger partial charge in [-0.2, -0.15) is 5.10 Å². The zero-order chi connectivity index (χ0) is 23.7. The van der Waals surface area contributed by atoms with E-state index in [2.05, 4.69) is 36.0 Å². The normalized spacial score (nSPS) is 11.5. The highest BCUT2D eigenvalue weighted by Gasteiger charge is 2.13. The van der Waals surface area contributed by atoms with Crippen molar-refractivity contribution in [3.8, 4) is 5.75 Å². The average molecular weight is 536 g/mol. The van der Waals surface area contributed by atoms with Gasteiger partial charge in [-0.15, -0.1) is 0 Å². The number of ether oxygens (including phenoxy) is 1. The van der Waals surface area contributed by atoms with Crippen LogP contribution in [0.4, 0.5) is 0 Å². The number of nitrogens with zero attached hydrogens (tertiary/aromatic N) is 2. The van der Waals surface area contributed by atoms with Crippen LogP contribution in [-0.4, -0.2) is 28.8 Å². The second kappa shape index (κ2) is 9.37. The second-order valence-corrected chi connectivity index (χ2v) is 9.17. The van der Waals surface area contributed by atoms with Crippen molar-refractivity contribution in [3.05, 3.63) is 99.2 Å². The van der Waals surface area contributed by atoms with E-state index in [0.717, 1.165) is 43.2 Å². The number of methoxy groups -OCH3 is 1. The van der Waals surface area contributed by atoms with Gasteiger partial charge in [0.1, 0.15) is 5.75 Å². The molecular weight excluding hydrogens is 516 g/mol. The molecule has 0 saturated carbocycles. The molecule has 0 fully saturated rings. The largest absolute Gasteiger partial charge is 0.497 e. The van der Waals surface area contributed by atoms with Crippen LogP contribution < -0.4 is 10.2 Å². The number of benzene rings is 3. The topological polar surface area (TPSA) is 71.4 Å². The fraction of sp³-hybridized carbons (Fsp3) is 0.0769. The Balaban J connectivity index is 1.43. The molecule has 5 rings (SSSR count). The van der Waals surface area contributed by atoms with Crippen molar-refractivity contribution in [1.82, 2.24) is 15.0 Å². The van der Waals surface area contributed by atoms with Crippen LogP contribution >= 0.6 is 27.5 Å². The molecular formula is C26H20BrClN4O2. The minimum absolute atomic E-state index is 0.289. The maximum atomic E-state index is 12.8. The molecule has 0 aliphatic rings. The summed E-state index contributed by atoms with van der Waals surface area (Å²) in [5.74, 6) is 0.461. The number of fused-ring (bicyclic) bond motifs is 2. The van der Waals surface area contributed by atoms with Gasteiger partial charge >= 0.3 is 0 Å². The zero-order valence-electron chi connectivity index (χ0n) is 18.2. The van der Waals surface area contributed by atoms with Crippen LogP contribution in [0.3, 0.4) is 0 Å². The smallest absolute Gasteiger partial charge is 0.273 e. The molecule has 0 aliphatic heterocycles. The van der Waals surface area contributed by atoms with Crippen molar-refractivity contribution in [2.24, 2.45) is 5.10 Å². The summed E-state index contributed by atoms with van der Waals surface area (Å²) in [7, 11) is 1.64. The Morgan fingerprint density at radius 3 is 2.76 bits per heavy atom. The van der Waals surface area contributed by atoms with Crippen molar-refractivity contribution < 1.29 is 9.53 Å². The lowest BCUT2D eigenvalue weighted by Crippen LogP contribution is -2.17. The number of nitrogens with one attached hydrogen (secondary N) is 2. The SMILES string of the molecule is COc1ccc2c(c1)c(/C=N\NC(=O)c1c[nH]c3ccc(Br)cc13)cn2Cc1ccc(Cl)cc1. The minimum Gasteiger partial charge on any atom is -0.497 e. The Labute approximate surface area is 209 Å². The van der Waals surface area contributed by atoms with Crippen LogP contribution in [0.2, 0.25) is 5.02 Å². The molecule has 1 amide bonds. The summed E-state index contributed by atoms with van der Waals surface area (Å²) in [5, 5.41) is 6.75. The van der Waals surface area contributed by atoms with Crippen LogP contribution in [0.25, 0.3) is 21.8 Å². The first-order valence-corrected chi connectivity index (χ1v) is 11.7. The number of aromatic amines is 1. The van der Waals surface area contributed by atoms with E-state index in [9.17, 15) is 4.79 Å². The lowest BCUT2D eigenvalue weighted by atomic mass is 10.1. The number of amides is 1. The molecule has 0 spiro atoms. The fourth-order valence-corrected chi connectivity index (χ4v) is 4.44. The summed E-state index contributed by atoms with van der Waals surface area (Å²) in [6, 6.07) is 19.4. The molecule has 0 radical (unpaired) electrons. The Morgan fingerprint density at radius 1 is 1.15 bits per heavy atom. The number of hydrogen-bond acceptors (Lipinski definition) is 3. The number of hydrazone groups is 1. The van der Waals surface area contributed by atoms with E-state index in [0.29, 0.717) is 17.1 Å². The van der Waals surface area contributed by atoms with Crippen molar-refractivity contribution in [2.75, 3.05) is 7.11 Å². The van der Waals surface area contributed by atoms with Gasteiger partial charge in [0.05, 0.1) is 18.9 Å². The summed E-state index contributed by atoms with van der Waals surface area (Å²) >= 11 is 9.48. The first kappa shape index (κ1) is 22.3. The van der Waals surface area contributed by atoms with Crippen molar-refractivity contribution in [1.29, 1.82) is 0 Å². The van der Waals surface area contributed by atoms with Gasteiger partial charge in [0.25, 0.3) is 5.91 Å². The van der Waals surface area contributed by atoms with Crippen LogP contribution in [0, 0.1) is 0 Å². The number of rotatable bonds is 6. The summed E-state index contributed by atoms with van der Waals surface area (Å²) in [6.07, 6.45) is 5.35. The molecule has 8 heteroatoms. The number of aromatic nitrogens is 2. The summed E-state index contributed by atoms with van der Waals surface area (Å²) in [4.78, 5) is 15.9. The molecule has 2 heterocycles. The highest BCUT2D eigenvalue weighted by atomic mass is 79.9. The molecule has 2 N–H and O–H groups in total. The average Bonchev–Trinajstić information content (AvgIpc) is 3.41. The summed E-state index contributed by atoms with van der Waals surface area (Å²) in [6.45, 7) is 0.671. The van der Waals surface area contributed by atoms with Gasteiger partial charge in [-0.05, 0) is 54.1 Å². The molecule has 3 aromatic carbocycles. The van der Waals surface area contributed by atoms with Gasteiger partial charge in [0.2, 0.25) is 0 Å². The van der Waals surface area contributed by atoms with Crippen molar-refractivity contribution in [3.63, 3.8) is 0 Å². The summed E-state index contributed by atoms with van der Waals surface area (Å²) in [5.41, 5.74) is 7.08. The fourth-order valence-electron chi connectivity index (χ4n) is 3.95. The molecule has 34 heavy (non-hydrogen) atoms. The molecule has 170 valence electrons. The molecule has 2 aromatic heterocycles. The molecule has 5 aromatic rings. The van der Waals surface area contributed by atoms with E-state index < -0.39 is 0 Å². The van der Waals surface area contributed by atoms with Crippen LogP contribution in [0.1, 0.15) is 21.5 Å². The van der Waals surface area contributed by atoms with Crippen molar-refractivity contribution >= 4 is 61.5 Å². The van der Waals surface area contributed by atoms with Gasteiger partial charge < -0.3 is 14.3 Å². The lowest BCUT2D eigenvalue weighted by Gasteiger charge is -2.06. The standard InChI is InChI=1S/C26H20BrClN4O2/c1-34-20-7-9-25-21(11-20)17(15-32(25)14-16-2-5-19(28)6-3-16)12-30-31-26(33)23-13-29-24-8-4-18(27)10-22(23)24/h2-13,15,29H,14H2,1H3,(H,31,33)/b30-12-. The Hall–Kier alpha value is -3.55. The third-order valence-electron chi connectivity index (χ3n) is 5.64. The van der Waals surface area contributed by atoms with E-state index in [1.54, 1.807) is 19.5 Å². The number of carbonyl (C=O) groups excluding carboxylic acids is 1. The van der Waals surface area contributed by atoms with E-state index in [4.69, 9.17) is 16.3 Å².